The number of carbonyl (C=O) groups is 3. The minimum atomic E-state index is -3.45. The zero-order chi connectivity index (χ0) is 15.8. The number of ketones is 3. The molecule has 1 unspecified atom stereocenters. The number of rotatable bonds is 3. The molecule has 0 saturated heterocycles. The molecule has 7 heteroatoms. The molecule has 1 aromatic rings. The summed E-state index contributed by atoms with van der Waals surface area (Å²) in [6.07, 6.45) is 3.63. The van der Waals surface area contributed by atoms with Crippen LogP contribution in [0.4, 0.5) is 0 Å². The van der Waals surface area contributed by atoms with Gasteiger partial charge >= 0.3 is 0 Å². The van der Waals surface area contributed by atoms with Gasteiger partial charge in [0, 0.05) is 18.2 Å². The first-order valence-corrected chi connectivity index (χ1v) is 8.25. The average molecular weight is 327 g/mol. The zero-order valence-electron chi connectivity index (χ0n) is 11.0. The molecule has 0 bridgehead atoms. The minimum absolute atomic E-state index is 0.0151. The van der Waals surface area contributed by atoms with Gasteiger partial charge in [-0.2, -0.15) is 0 Å². The molecule has 0 aromatic heterocycles. The Balaban J connectivity index is 2.43. The molecule has 0 N–H and O–H groups in total. The number of halogens is 1. The van der Waals surface area contributed by atoms with Crippen molar-refractivity contribution in [1.82, 2.24) is 0 Å². The van der Waals surface area contributed by atoms with Crippen molar-refractivity contribution in [3.8, 4) is 0 Å². The first kappa shape index (κ1) is 15.6. The van der Waals surface area contributed by atoms with Crippen molar-refractivity contribution in [2.24, 2.45) is 5.92 Å². The van der Waals surface area contributed by atoms with Crippen molar-refractivity contribution in [3.63, 3.8) is 0 Å². The van der Waals surface area contributed by atoms with Crippen LogP contribution in [0.3, 0.4) is 0 Å². The predicted octanol–water partition coefficient (Wildman–Crippen LogP) is 1.64. The summed E-state index contributed by atoms with van der Waals surface area (Å²) in [5.41, 5.74) is -0.0360. The molecule has 1 atom stereocenters. The lowest BCUT2D eigenvalue weighted by atomic mass is 9.85. The summed E-state index contributed by atoms with van der Waals surface area (Å²) in [4.78, 5) is 35.7. The number of Topliss-reactive ketones (excluding diaryl/α,β-unsaturated/α-hetero) is 2. The normalized spacial score (nSPS) is 18.9. The van der Waals surface area contributed by atoms with Crippen LogP contribution in [0.2, 0.25) is 5.02 Å². The average Bonchev–Trinajstić information content (AvgIpc) is 2.37. The maximum atomic E-state index is 12.3. The highest BCUT2D eigenvalue weighted by Gasteiger charge is 2.35. The number of benzene rings is 1. The van der Waals surface area contributed by atoms with Crippen LogP contribution in [-0.4, -0.2) is 32.0 Å². The number of carbonyl (C=O) groups excluding carboxylic acids is 3. The first-order valence-electron chi connectivity index (χ1n) is 5.98. The van der Waals surface area contributed by atoms with Crippen LogP contribution < -0.4 is 0 Å². The molecule has 1 aliphatic carbocycles. The second-order valence-electron chi connectivity index (χ2n) is 4.69. The van der Waals surface area contributed by atoms with E-state index in [1.807, 2.05) is 0 Å². The third-order valence-corrected chi connectivity index (χ3v) is 4.53. The number of hydrogen-bond donors (Lipinski definition) is 0. The molecule has 5 nitrogen and oxygen atoms in total. The molecule has 2 rings (SSSR count). The Kier molecular flexibility index (Phi) is 4.11. The van der Waals surface area contributed by atoms with E-state index in [0.717, 1.165) is 12.3 Å². The molecule has 0 heterocycles. The van der Waals surface area contributed by atoms with E-state index in [1.165, 1.54) is 24.3 Å². The number of hydrogen-bond acceptors (Lipinski definition) is 5. The summed E-state index contributed by atoms with van der Waals surface area (Å²) in [6, 6.07) is 3.58. The van der Waals surface area contributed by atoms with E-state index >= 15 is 0 Å². The van der Waals surface area contributed by atoms with Crippen LogP contribution in [-0.2, 0) is 19.4 Å². The maximum absolute atomic E-state index is 12.3. The Hall–Kier alpha value is -1.79. The van der Waals surface area contributed by atoms with Gasteiger partial charge in [-0.1, -0.05) is 17.7 Å². The van der Waals surface area contributed by atoms with Gasteiger partial charge in [0.2, 0.25) is 0 Å². The molecule has 21 heavy (non-hydrogen) atoms. The third-order valence-electron chi connectivity index (χ3n) is 3.10. The second kappa shape index (κ2) is 5.54. The Morgan fingerprint density at radius 2 is 1.95 bits per heavy atom. The summed E-state index contributed by atoms with van der Waals surface area (Å²) in [7, 11) is -3.45. The standard InChI is InChI=1S/C14H11ClO5S/c1-21(19,20)8-5-6-9(10(15)7-8)14(18)13-11(16)3-2-4-12(13)17/h2-3,5-7,13H,4H2,1H3. The van der Waals surface area contributed by atoms with Gasteiger partial charge in [-0.05, 0) is 24.3 Å². The molecular weight excluding hydrogens is 316 g/mol. The molecule has 0 aliphatic heterocycles. The van der Waals surface area contributed by atoms with Gasteiger partial charge in [0.05, 0.1) is 9.92 Å². The fourth-order valence-electron chi connectivity index (χ4n) is 2.02. The van der Waals surface area contributed by atoms with E-state index < -0.39 is 33.1 Å². The number of allylic oxidation sites excluding steroid dienone is 2. The highest BCUT2D eigenvalue weighted by molar-refractivity contribution is 7.90. The van der Waals surface area contributed by atoms with Gasteiger partial charge in [0.15, 0.2) is 27.2 Å². The van der Waals surface area contributed by atoms with Crippen molar-refractivity contribution < 1.29 is 22.8 Å². The topological polar surface area (TPSA) is 85.3 Å². The zero-order valence-corrected chi connectivity index (χ0v) is 12.6. The Morgan fingerprint density at radius 1 is 1.29 bits per heavy atom. The molecule has 0 fully saturated rings. The van der Waals surface area contributed by atoms with E-state index in [-0.39, 0.29) is 21.9 Å². The van der Waals surface area contributed by atoms with Crippen molar-refractivity contribution in [3.05, 3.63) is 40.9 Å². The SMILES string of the molecule is CS(=O)(=O)c1ccc(C(=O)C2C(=O)C=CCC2=O)c(Cl)c1. The van der Waals surface area contributed by atoms with Gasteiger partial charge in [0.1, 0.15) is 5.92 Å². The molecular formula is C14H11ClO5S. The molecule has 110 valence electrons. The van der Waals surface area contributed by atoms with E-state index in [1.54, 1.807) is 0 Å². The summed E-state index contributed by atoms with van der Waals surface area (Å²) in [5, 5.41) is -0.0990. The quantitative estimate of drug-likeness (QED) is 0.622. The highest BCUT2D eigenvalue weighted by Crippen LogP contribution is 2.25. The van der Waals surface area contributed by atoms with Crippen LogP contribution in [0.5, 0.6) is 0 Å². The van der Waals surface area contributed by atoms with Gasteiger partial charge < -0.3 is 0 Å². The van der Waals surface area contributed by atoms with Gasteiger partial charge in [-0.25, -0.2) is 8.42 Å². The van der Waals surface area contributed by atoms with Crippen LogP contribution in [0.1, 0.15) is 16.8 Å². The van der Waals surface area contributed by atoms with Crippen LogP contribution >= 0.6 is 11.6 Å². The minimum Gasteiger partial charge on any atom is -0.298 e. The first-order chi connectivity index (χ1) is 9.71. The molecule has 1 aromatic carbocycles. The summed E-state index contributed by atoms with van der Waals surface area (Å²) in [6.45, 7) is 0. The van der Waals surface area contributed by atoms with Crippen molar-refractivity contribution in [1.29, 1.82) is 0 Å². The van der Waals surface area contributed by atoms with E-state index in [9.17, 15) is 22.8 Å². The van der Waals surface area contributed by atoms with Gasteiger partial charge in [-0.15, -0.1) is 0 Å². The molecule has 0 amide bonds. The van der Waals surface area contributed by atoms with Crippen molar-refractivity contribution >= 4 is 38.8 Å². The van der Waals surface area contributed by atoms with Crippen molar-refractivity contribution in [2.75, 3.05) is 6.26 Å². The van der Waals surface area contributed by atoms with Gasteiger partial charge in [-0.3, -0.25) is 14.4 Å². The van der Waals surface area contributed by atoms with Crippen LogP contribution in [0, 0.1) is 5.92 Å². The van der Waals surface area contributed by atoms with E-state index in [0.29, 0.717) is 0 Å². The summed E-state index contributed by atoms with van der Waals surface area (Å²) >= 11 is 5.92. The van der Waals surface area contributed by atoms with Crippen LogP contribution in [0.25, 0.3) is 0 Å². The third kappa shape index (κ3) is 3.11. The monoisotopic (exact) mass is 326 g/mol. The van der Waals surface area contributed by atoms with E-state index in [2.05, 4.69) is 0 Å². The molecule has 0 spiro atoms. The number of sulfone groups is 1. The smallest absolute Gasteiger partial charge is 0.182 e. The highest BCUT2D eigenvalue weighted by atomic mass is 35.5. The lowest BCUT2D eigenvalue weighted by Gasteiger charge is -2.15. The Labute approximate surface area is 126 Å². The van der Waals surface area contributed by atoms with Crippen molar-refractivity contribution in [2.45, 2.75) is 11.3 Å². The van der Waals surface area contributed by atoms with E-state index in [4.69, 9.17) is 11.6 Å². The lowest BCUT2D eigenvalue weighted by molar-refractivity contribution is -0.128. The molecule has 0 radical (unpaired) electrons. The molecule has 0 saturated carbocycles. The maximum Gasteiger partial charge on any atom is 0.182 e. The fourth-order valence-corrected chi connectivity index (χ4v) is 3.01. The largest absolute Gasteiger partial charge is 0.298 e. The lowest BCUT2D eigenvalue weighted by Crippen LogP contribution is -2.33. The Morgan fingerprint density at radius 3 is 2.48 bits per heavy atom. The van der Waals surface area contributed by atoms with Gasteiger partial charge in [0.25, 0.3) is 0 Å². The summed E-state index contributed by atoms with van der Waals surface area (Å²) < 4.78 is 22.8. The Bertz CT molecular complexity index is 777. The molecule has 1 aliphatic rings. The second-order valence-corrected chi connectivity index (χ2v) is 7.11. The fraction of sp³-hybridized carbons (Fsp3) is 0.214. The summed E-state index contributed by atoms with van der Waals surface area (Å²) in [5.74, 6) is -3.17. The predicted molar refractivity (Wildman–Crippen MR) is 76.2 cm³/mol. The van der Waals surface area contributed by atoms with Crippen LogP contribution in [0.15, 0.2) is 35.2 Å².